The van der Waals surface area contributed by atoms with Crippen LogP contribution in [0.1, 0.15) is 37.0 Å². The molecular formula is C10H15NO. The fourth-order valence-corrected chi connectivity index (χ4v) is 1.25. The largest absolute Gasteiger partial charge is 0.388 e. The molecule has 0 saturated carbocycles. The lowest BCUT2D eigenvalue weighted by Gasteiger charge is -2.11. The van der Waals surface area contributed by atoms with Crippen LogP contribution < -0.4 is 0 Å². The van der Waals surface area contributed by atoms with Crippen LogP contribution in [0, 0.1) is 6.92 Å². The maximum absolute atomic E-state index is 9.66. The minimum Gasteiger partial charge on any atom is -0.388 e. The zero-order chi connectivity index (χ0) is 8.97. The zero-order valence-corrected chi connectivity index (χ0v) is 7.62. The van der Waals surface area contributed by atoms with Crippen LogP contribution in [0.2, 0.25) is 0 Å². The van der Waals surface area contributed by atoms with E-state index in [0.717, 1.165) is 24.0 Å². The summed E-state index contributed by atoms with van der Waals surface area (Å²) < 4.78 is 0. The first-order valence-corrected chi connectivity index (χ1v) is 4.34. The molecule has 1 rings (SSSR count). The highest BCUT2D eigenvalue weighted by atomic mass is 16.3. The third kappa shape index (κ3) is 2.05. The molecule has 1 atom stereocenters. The monoisotopic (exact) mass is 165 g/mol. The Bertz CT molecular complexity index is 247. The lowest BCUT2D eigenvalue weighted by Crippen LogP contribution is -1.99. The van der Waals surface area contributed by atoms with Gasteiger partial charge in [0, 0.05) is 18.0 Å². The van der Waals surface area contributed by atoms with E-state index in [1.807, 2.05) is 13.0 Å². The Morgan fingerprint density at radius 3 is 2.92 bits per heavy atom. The Labute approximate surface area is 73.3 Å². The van der Waals surface area contributed by atoms with Crippen LogP contribution in [0.3, 0.4) is 0 Å². The molecule has 0 aliphatic heterocycles. The maximum atomic E-state index is 9.66. The van der Waals surface area contributed by atoms with Crippen molar-refractivity contribution in [2.24, 2.45) is 0 Å². The van der Waals surface area contributed by atoms with E-state index in [0.29, 0.717) is 0 Å². The van der Waals surface area contributed by atoms with Gasteiger partial charge in [0.2, 0.25) is 0 Å². The van der Waals surface area contributed by atoms with Crippen LogP contribution in [-0.2, 0) is 0 Å². The van der Waals surface area contributed by atoms with E-state index in [-0.39, 0.29) is 6.10 Å². The van der Waals surface area contributed by atoms with Gasteiger partial charge in [-0.3, -0.25) is 4.98 Å². The van der Waals surface area contributed by atoms with Crippen molar-refractivity contribution in [2.75, 3.05) is 0 Å². The molecule has 0 aliphatic carbocycles. The number of aryl methyl sites for hydroxylation is 1. The summed E-state index contributed by atoms with van der Waals surface area (Å²) >= 11 is 0. The SMILES string of the molecule is CCC[C@H](O)c1cnccc1C. The fraction of sp³-hybridized carbons (Fsp3) is 0.500. The molecule has 0 amide bonds. The van der Waals surface area contributed by atoms with Crippen molar-refractivity contribution >= 4 is 0 Å². The number of aromatic nitrogens is 1. The van der Waals surface area contributed by atoms with Gasteiger partial charge < -0.3 is 5.11 Å². The molecule has 0 aliphatic rings. The van der Waals surface area contributed by atoms with Gasteiger partial charge in [-0.05, 0) is 25.0 Å². The predicted molar refractivity (Wildman–Crippen MR) is 48.8 cm³/mol. The number of hydrogen-bond acceptors (Lipinski definition) is 2. The predicted octanol–water partition coefficient (Wildman–Crippen LogP) is 2.22. The molecule has 0 unspecified atom stereocenters. The van der Waals surface area contributed by atoms with Gasteiger partial charge in [-0.25, -0.2) is 0 Å². The minimum absolute atomic E-state index is 0.344. The summed E-state index contributed by atoms with van der Waals surface area (Å²) in [4.78, 5) is 3.99. The van der Waals surface area contributed by atoms with E-state index in [2.05, 4.69) is 11.9 Å². The van der Waals surface area contributed by atoms with Crippen LogP contribution in [-0.4, -0.2) is 10.1 Å². The third-order valence-electron chi connectivity index (χ3n) is 2.00. The van der Waals surface area contributed by atoms with Crippen LogP contribution >= 0.6 is 0 Å². The Kier molecular flexibility index (Phi) is 3.23. The van der Waals surface area contributed by atoms with Crippen molar-refractivity contribution in [1.82, 2.24) is 4.98 Å². The van der Waals surface area contributed by atoms with E-state index in [9.17, 15) is 5.11 Å². The average Bonchev–Trinajstić information content (AvgIpc) is 2.05. The molecule has 1 N–H and O–H groups in total. The molecule has 66 valence electrons. The molecule has 0 fully saturated rings. The maximum Gasteiger partial charge on any atom is 0.0807 e. The van der Waals surface area contributed by atoms with Gasteiger partial charge in [0.05, 0.1) is 6.10 Å². The molecular weight excluding hydrogens is 150 g/mol. The van der Waals surface area contributed by atoms with Gasteiger partial charge >= 0.3 is 0 Å². The van der Waals surface area contributed by atoms with Crippen molar-refractivity contribution in [2.45, 2.75) is 32.8 Å². The molecule has 0 bridgehead atoms. The van der Waals surface area contributed by atoms with E-state index in [4.69, 9.17) is 0 Å². The first-order chi connectivity index (χ1) is 5.75. The Balaban J connectivity index is 2.79. The second-order valence-corrected chi connectivity index (χ2v) is 3.04. The topological polar surface area (TPSA) is 33.1 Å². The number of aliphatic hydroxyl groups excluding tert-OH is 1. The Morgan fingerprint density at radius 1 is 1.58 bits per heavy atom. The van der Waals surface area contributed by atoms with Gasteiger partial charge in [0.1, 0.15) is 0 Å². The minimum atomic E-state index is -0.344. The molecule has 0 saturated heterocycles. The highest BCUT2D eigenvalue weighted by Gasteiger charge is 2.08. The molecule has 2 heteroatoms. The van der Waals surface area contributed by atoms with Crippen LogP contribution in [0.5, 0.6) is 0 Å². The number of nitrogens with zero attached hydrogens (tertiary/aromatic N) is 1. The van der Waals surface area contributed by atoms with Crippen LogP contribution in [0.4, 0.5) is 0 Å². The molecule has 0 radical (unpaired) electrons. The summed E-state index contributed by atoms with van der Waals surface area (Å²) in [5.74, 6) is 0. The van der Waals surface area contributed by atoms with Crippen molar-refractivity contribution in [3.05, 3.63) is 29.6 Å². The summed E-state index contributed by atoms with van der Waals surface area (Å²) in [6.45, 7) is 4.06. The van der Waals surface area contributed by atoms with Gasteiger partial charge in [-0.2, -0.15) is 0 Å². The van der Waals surface area contributed by atoms with Gasteiger partial charge in [0.15, 0.2) is 0 Å². The first-order valence-electron chi connectivity index (χ1n) is 4.34. The lowest BCUT2D eigenvalue weighted by atomic mass is 10.0. The first kappa shape index (κ1) is 9.20. The molecule has 0 spiro atoms. The van der Waals surface area contributed by atoms with E-state index < -0.39 is 0 Å². The molecule has 1 aromatic rings. The fourth-order valence-electron chi connectivity index (χ4n) is 1.25. The third-order valence-corrected chi connectivity index (χ3v) is 2.00. The highest BCUT2D eigenvalue weighted by Crippen LogP contribution is 2.19. The van der Waals surface area contributed by atoms with Gasteiger partial charge in [-0.1, -0.05) is 13.3 Å². The smallest absolute Gasteiger partial charge is 0.0807 e. The summed E-state index contributed by atoms with van der Waals surface area (Å²) in [5.41, 5.74) is 2.07. The van der Waals surface area contributed by atoms with Crippen molar-refractivity contribution in [1.29, 1.82) is 0 Å². The van der Waals surface area contributed by atoms with Crippen LogP contribution in [0.15, 0.2) is 18.5 Å². The molecule has 0 aromatic carbocycles. The van der Waals surface area contributed by atoms with E-state index >= 15 is 0 Å². The number of rotatable bonds is 3. The van der Waals surface area contributed by atoms with E-state index in [1.54, 1.807) is 12.4 Å². The van der Waals surface area contributed by atoms with Crippen molar-refractivity contribution < 1.29 is 5.11 Å². The molecule has 1 aromatic heterocycles. The summed E-state index contributed by atoms with van der Waals surface area (Å²) in [5, 5.41) is 9.66. The summed E-state index contributed by atoms with van der Waals surface area (Å²) in [7, 11) is 0. The number of hydrogen-bond donors (Lipinski definition) is 1. The zero-order valence-electron chi connectivity index (χ0n) is 7.62. The molecule has 2 nitrogen and oxygen atoms in total. The second-order valence-electron chi connectivity index (χ2n) is 3.04. The summed E-state index contributed by atoms with van der Waals surface area (Å²) in [6.07, 6.45) is 4.96. The van der Waals surface area contributed by atoms with Crippen LogP contribution in [0.25, 0.3) is 0 Å². The quantitative estimate of drug-likeness (QED) is 0.745. The Hall–Kier alpha value is -0.890. The Morgan fingerprint density at radius 2 is 2.33 bits per heavy atom. The standard InChI is InChI=1S/C10H15NO/c1-3-4-10(12)9-7-11-6-5-8(9)2/h5-7,10,12H,3-4H2,1-2H3/t10-/m0/s1. The van der Waals surface area contributed by atoms with Gasteiger partial charge in [-0.15, -0.1) is 0 Å². The highest BCUT2D eigenvalue weighted by molar-refractivity contribution is 5.23. The molecule has 1 heterocycles. The molecule has 12 heavy (non-hydrogen) atoms. The van der Waals surface area contributed by atoms with Crippen molar-refractivity contribution in [3.8, 4) is 0 Å². The number of pyridine rings is 1. The van der Waals surface area contributed by atoms with Gasteiger partial charge in [0.25, 0.3) is 0 Å². The average molecular weight is 165 g/mol. The van der Waals surface area contributed by atoms with E-state index in [1.165, 1.54) is 0 Å². The normalized spacial score (nSPS) is 12.9. The lowest BCUT2D eigenvalue weighted by molar-refractivity contribution is 0.165. The second kappa shape index (κ2) is 4.21. The van der Waals surface area contributed by atoms with Crippen molar-refractivity contribution in [3.63, 3.8) is 0 Å². The number of aliphatic hydroxyl groups is 1. The summed E-state index contributed by atoms with van der Waals surface area (Å²) in [6, 6.07) is 1.92.